The smallest absolute Gasteiger partial charge is 0.229 e. The average molecular weight is 810 g/mol. The molecule has 13 heteroatoms. The Morgan fingerprint density at radius 3 is 2.61 bits per heavy atom. The Morgan fingerprint density at radius 1 is 1.12 bits per heavy atom. The molecule has 5 aliphatic rings. The van der Waals surface area contributed by atoms with Gasteiger partial charge in [0.2, 0.25) is 5.91 Å². The van der Waals surface area contributed by atoms with Crippen LogP contribution in [0.1, 0.15) is 92.2 Å². The lowest BCUT2D eigenvalue weighted by molar-refractivity contribution is -0.138. The van der Waals surface area contributed by atoms with Gasteiger partial charge in [-0.05, 0) is 80.0 Å². The number of aromatic nitrogens is 2. The van der Waals surface area contributed by atoms with Crippen molar-refractivity contribution in [3.8, 4) is 23.3 Å². The molecule has 292 valence electrons. The molecule has 3 aromatic carbocycles. The maximum absolute atomic E-state index is 17.4. The van der Waals surface area contributed by atoms with Gasteiger partial charge >= 0.3 is 0 Å². The number of amides is 1. The van der Waals surface area contributed by atoms with Crippen molar-refractivity contribution in [1.29, 1.82) is 10.5 Å². The number of halogens is 4. The first-order chi connectivity index (χ1) is 27.4. The molecule has 1 unspecified atom stereocenters. The first kappa shape index (κ1) is 37.9. The second-order valence-corrected chi connectivity index (χ2v) is 17.2. The Labute approximate surface area is 338 Å². The highest BCUT2D eigenvalue weighted by atomic mass is 35.5. The van der Waals surface area contributed by atoms with E-state index in [0.717, 1.165) is 37.0 Å². The van der Waals surface area contributed by atoms with E-state index >= 15 is 4.39 Å². The van der Waals surface area contributed by atoms with Crippen molar-refractivity contribution >= 4 is 50.9 Å². The van der Waals surface area contributed by atoms with Gasteiger partial charge < -0.3 is 24.6 Å². The summed E-state index contributed by atoms with van der Waals surface area (Å²) >= 11 is 13.1. The van der Waals surface area contributed by atoms with Crippen LogP contribution in [0.5, 0.6) is 0 Å². The number of carbonyl (C=O) groups excluding carboxylic acids is 1. The minimum atomic E-state index is -1.07. The standard InChI is InChI=1S/C44H40Cl2F2N6O3/c1-22(55)39-31-17-35(34-16-28(20-53(34)43(56)44(2)10-11-44)57-21-24-8-9-27(47)13-25(24)18-50)54(41-26-15-33(41)51-19-26)42(31)30-14-23(5-4-12-49)36(38(48)40(30)52-39)29-6-3-7-32(45)37(29)46/h3,6-9,13-14,17,22,26,28,33-34,41,51,55H,4-5,10-11,15-16,19-21H2,1-2H3/t22?,26-,28+,33-,34-,41+/m1/s1. The number of rotatable bonds is 10. The van der Waals surface area contributed by atoms with E-state index in [1.807, 2.05) is 24.0 Å². The number of aryl methyl sites for hydroxylation is 1. The summed E-state index contributed by atoms with van der Waals surface area (Å²) in [5, 5.41) is 36.0. The van der Waals surface area contributed by atoms with Gasteiger partial charge in [0.05, 0.1) is 69.9 Å². The number of carbonyl (C=O) groups is 1. The molecular formula is C44H40Cl2F2N6O3. The summed E-state index contributed by atoms with van der Waals surface area (Å²) in [6.07, 6.45) is 1.91. The third-order valence-electron chi connectivity index (χ3n) is 12.7. The minimum Gasteiger partial charge on any atom is -0.387 e. The van der Waals surface area contributed by atoms with Crippen molar-refractivity contribution < 1.29 is 23.4 Å². The molecule has 2 aliphatic carbocycles. The van der Waals surface area contributed by atoms with Gasteiger partial charge in [0.1, 0.15) is 11.3 Å². The van der Waals surface area contributed by atoms with Crippen LogP contribution in [0.2, 0.25) is 10.0 Å². The molecule has 0 radical (unpaired) electrons. The number of nitrogens with zero attached hydrogens (tertiary/aromatic N) is 5. The van der Waals surface area contributed by atoms with Crippen LogP contribution in [0.15, 0.2) is 48.5 Å². The molecule has 2 aromatic heterocycles. The maximum atomic E-state index is 17.4. The molecule has 5 fully saturated rings. The van der Waals surface area contributed by atoms with Crippen molar-refractivity contribution in [1.82, 2.24) is 19.8 Å². The Morgan fingerprint density at radius 2 is 1.93 bits per heavy atom. The van der Waals surface area contributed by atoms with E-state index in [1.54, 1.807) is 31.2 Å². The Kier molecular flexibility index (Phi) is 9.54. The molecule has 1 amide bonds. The second kappa shape index (κ2) is 14.3. The molecule has 5 heterocycles. The number of ether oxygens (including phenoxy) is 1. The van der Waals surface area contributed by atoms with Crippen LogP contribution in [0, 0.1) is 45.6 Å². The molecule has 57 heavy (non-hydrogen) atoms. The van der Waals surface area contributed by atoms with E-state index in [-0.39, 0.29) is 70.0 Å². The van der Waals surface area contributed by atoms with Gasteiger partial charge in [0.25, 0.3) is 0 Å². The van der Waals surface area contributed by atoms with Crippen molar-refractivity contribution in [3.63, 3.8) is 0 Å². The van der Waals surface area contributed by atoms with E-state index in [2.05, 4.69) is 22.0 Å². The van der Waals surface area contributed by atoms with Crippen LogP contribution in [0.3, 0.4) is 0 Å². The number of likely N-dealkylation sites (tertiary alicyclic amines) is 1. The average Bonchev–Trinajstić information content (AvgIpc) is 3.64. The van der Waals surface area contributed by atoms with Gasteiger partial charge in [-0.25, -0.2) is 13.8 Å². The molecule has 0 spiro atoms. The molecule has 9 nitrogen and oxygen atoms in total. The summed E-state index contributed by atoms with van der Waals surface area (Å²) in [6, 6.07) is 17.0. The van der Waals surface area contributed by atoms with Gasteiger partial charge in [-0.3, -0.25) is 4.79 Å². The van der Waals surface area contributed by atoms with E-state index < -0.39 is 35.3 Å². The summed E-state index contributed by atoms with van der Waals surface area (Å²) in [7, 11) is 0. The van der Waals surface area contributed by atoms with Crippen LogP contribution in [0.4, 0.5) is 8.78 Å². The first-order valence-electron chi connectivity index (χ1n) is 19.5. The number of hydrogen-bond donors (Lipinski definition) is 2. The fourth-order valence-electron chi connectivity index (χ4n) is 9.45. The van der Waals surface area contributed by atoms with Crippen molar-refractivity contribution in [2.75, 3.05) is 13.1 Å². The predicted molar refractivity (Wildman–Crippen MR) is 212 cm³/mol. The lowest BCUT2D eigenvalue weighted by Crippen LogP contribution is -2.41. The zero-order valence-corrected chi connectivity index (χ0v) is 33.0. The van der Waals surface area contributed by atoms with Gasteiger partial charge in [0.15, 0.2) is 5.82 Å². The molecule has 2 saturated carbocycles. The molecule has 3 saturated heterocycles. The molecule has 2 bridgehead atoms. The number of benzene rings is 3. The summed E-state index contributed by atoms with van der Waals surface area (Å²) in [5.41, 5.74) is 3.39. The molecule has 5 aromatic rings. The normalized spacial score (nSPS) is 23.7. The van der Waals surface area contributed by atoms with E-state index in [9.17, 15) is 24.8 Å². The number of hydrogen-bond acceptors (Lipinski definition) is 7. The molecule has 2 N–H and O–H groups in total. The maximum Gasteiger partial charge on any atom is 0.229 e. The Bertz CT molecular complexity index is 2560. The minimum absolute atomic E-state index is 0.0107. The SMILES string of the molecule is CC(O)c1nc2c(F)c(-c3cccc(Cl)c3Cl)c(CCC#N)cc2c2c1cc([C@H]1C[C@H](OCc3ccc(F)cc3C#N)CN1C(=O)C1(C)CC1)n2[C@H]1[C@H]2CN[C@@H]1C2. The van der Waals surface area contributed by atoms with Gasteiger partial charge in [-0.1, -0.05) is 48.3 Å². The fraction of sp³-hybridized carbons (Fsp3) is 0.409. The monoisotopic (exact) mass is 808 g/mol. The number of nitrogens with one attached hydrogen (secondary N) is 1. The number of nitriles is 2. The van der Waals surface area contributed by atoms with Crippen molar-refractivity contribution in [2.45, 2.75) is 89.3 Å². The number of pyridine rings is 1. The summed E-state index contributed by atoms with van der Waals surface area (Å²) in [6.45, 7) is 4.81. The van der Waals surface area contributed by atoms with Gasteiger partial charge in [-0.15, -0.1) is 0 Å². The molecular weight excluding hydrogens is 769 g/mol. The van der Waals surface area contributed by atoms with Crippen LogP contribution in [-0.2, 0) is 22.6 Å². The Hall–Kier alpha value is -4.62. The van der Waals surface area contributed by atoms with Crippen LogP contribution in [-0.4, -0.2) is 50.7 Å². The topological polar surface area (TPSA) is 127 Å². The highest BCUT2D eigenvalue weighted by molar-refractivity contribution is 6.43. The molecule has 10 rings (SSSR count). The predicted octanol–water partition coefficient (Wildman–Crippen LogP) is 9.01. The van der Waals surface area contributed by atoms with E-state index in [1.165, 1.54) is 12.1 Å². The molecule has 6 atom stereocenters. The van der Waals surface area contributed by atoms with Gasteiger partial charge in [-0.2, -0.15) is 10.5 Å². The highest BCUT2D eigenvalue weighted by Crippen LogP contribution is 2.53. The lowest BCUT2D eigenvalue weighted by Gasteiger charge is -2.39. The largest absolute Gasteiger partial charge is 0.387 e. The van der Waals surface area contributed by atoms with Crippen molar-refractivity contribution in [2.24, 2.45) is 11.3 Å². The first-order valence-corrected chi connectivity index (χ1v) is 20.2. The quantitative estimate of drug-likeness (QED) is 0.144. The number of aliphatic hydroxyl groups excluding tert-OH is 1. The summed E-state index contributed by atoms with van der Waals surface area (Å²) in [5.74, 6) is -0.798. The van der Waals surface area contributed by atoms with Crippen LogP contribution < -0.4 is 5.32 Å². The molecule has 3 aliphatic heterocycles. The highest BCUT2D eigenvalue weighted by Gasteiger charge is 2.53. The summed E-state index contributed by atoms with van der Waals surface area (Å²) in [4.78, 5) is 21.2. The zero-order chi connectivity index (χ0) is 39.9. The second-order valence-electron chi connectivity index (χ2n) is 16.4. The zero-order valence-electron chi connectivity index (χ0n) is 31.5. The van der Waals surface area contributed by atoms with E-state index in [4.69, 9.17) is 32.9 Å². The summed E-state index contributed by atoms with van der Waals surface area (Å²) < 4.78 is 40.1. The number of aliphatic hydroxyl groups is 1. The van der Waals surface area contributed by atoms with E-state index in [0.29, 0.717) is 46.1 Å². The third-order valence-corrected chi connectivity index (χ3v) is 13.5. The fourth-order valence-corrected chi connectivity index (χ4v) is 9.84. The number of fused-ring (bicyclic) bond motifs is 4. The lowest BCUT2D eigenvalue weighted by atomic mass is 9.79. The third kappa shape index (κ3) is 6.27. The van der Waals surface area contributed by atoms with Crippen molar-refractivity contribution in [3.05, 3.63) is 98.3 Å². The van der Waals surface area contributed by atoms with Crippen LogP contribution in [0.25, 0.3) is 32.9 Å². The van der Waals surface area contributed by atoms with Crippen LogP contribution >= 0.6 is 23.2 Å². The Balaban J connectivity index is 1.25. The van der Waals surface area contributed by atoms with Gasteiger partial charge in [0, 0.05) is 65.0 Å².